The molecular weight excluding hydrogens is 1640 g/mol. The summed E-state index contributed by atoms with van der Waals surface area (Å²) < 4.78 is 50.8. The second kappa shape index (κ2) is 34.0. The largest absolute Gasteiger partial charge is 0.417 e. The Hall–Kier alpha value is -15.4. The van der Waals surface area contributed by atoms with E-state index in [9.17, 15) is 13.2 Å². The highest BCUT2D eigenvalue weighted by Crippen LogP contribution is 2.47. The first kappa shape index (κ1) is 81.3. The van der Waals surface area contributed by atoms with Gasteiger partial charge in [-0.25, -0.2) is 59.8 Å². The third kappa shape index (κ3) is 15.6. The minimum Gasteiger partial charge on any atom is -0.382 e. The fourth-order valence-corrected chi connectivity index (χ4v) is 18.8. The topological polar surface area (TPSA) is 322 Å². The fourth-order valence-electron chi connectivity index (χ4n) is 18.8. The van der Waals surface area contributed by atoms with Crippen molar-refractivity contribution in [3.63, 3.8) is 0 Å². The molecule has 0 unspecified atom stereocenters. The van der Waals surface area contributed by atoms with Crippen molar-refractivity contribution in [3.05, 3.63) is 297 Å². The third-order valence-corrected chi connectivity index (χ3v) is 26.6. The minimum absolute atomic E-state index is 0.0461. The van der Waals surface area contributed by atoms with Crippen molar-refractivity contribution < 1.29 is 13.2 Å². The van der Waals surface area contributed by atoms with Gasteiger partial charge in [-0.2, -0.15) is 13.2 Å². The van der Waals surface area contributed by atoms with Crippen LogP contribution < -0.4 is 22.9 Å². The lowest BCUT2D eigenvalue weighted by molar-refractivity contribution is -0.136. The van der Waals surface area contributed by atoms with E-state index < -0.39 is 11.7 Å². The number of likely N-dealkylation sites (N-methyl/N-ethyl adjacent to an activating group) is 1. The van der Waals surface area contributed by atoms with E-state index in [2.05, 4.69) is 143 Å². The molecule has 0 bridgehead atoms. The van der Waals surface area contributed by atoms with Crippen LogP contribution in [0.1, 0.15) is 123 Å². The molecule has 25 rings (SSSR count). The van der Waals surface area contributed by atoms with Gasteiger partial charge in [0.05, 0.1) is 56.1 Å². The summed E-state index contributed by atoms with van der Waals surface area (Å²) in [4.78, 5) is 74.4. The van der Waals surface area contributed by atoms with E-state index >= 15 is 0 Å². The number of nitrogen functional groups attached to an aromatic ring is 4. The van der Waals surface area contributed by atoms with E-state index in [1.807, 2.05) is 102 Å². The van der Waals surface area contributed by atoms with E-state index in [-0.39, 0.29) is 22.5 Å². The molecule has 1 aliphatic heterocycles. The number of pyridine rings is 7. The number of hydrogen-bond donors (Lipinski definition) is 4. The number of anilines is 4. The van der Waals surface area contributed by atoms with Gasteiger partial charge >= 0.3 is 6.18 Å². The summed E-state index contributed by atoms with van der Waals surface area (Å²) in [6.07, 6.45) is 32.0. The molecule has 4 aliphatic carbocycles. The van der Waals surface area contributed by atoms with E-state index in [1.165, 1.54) is 63.9 Å². The number of alkyl halides is 3. The quantitative estimate of drug-likeness (QED) is 0.0833. The van der Waals surface area contributed by atoms with Crippen LogP contribution in [0.15, 0.2) is 269 Å². The van der Waals surface area contributed by atoms with Crippen molar-refractivity contribution >= 4 is 88.9 Å². The average Bonchev–Trinajstić information content (AvgIpc) is 1.62. The SMILES string of the molecule is CN1CCN(C2CC(c3nc(-c4ccc5c(C(F)(F)F)cc(-c6ccccc6)nc5c4)c4c(N)nccn34)C2)CC1.Nc1nccn2c(C3CCC3)nc(-c3ccc4ccc(-c5ccccn5)nc4c3)c12.Nc1nccn2c(C3CCC3)nc(-c3ccc4ccc(-c5cccnc5)nc4c3)c12.Nc1nccn2c(C3CCC3)nc(-c3ccc4ccc(-c5ccncc5)nc4c3)c12. The van der Waals surface area contributed by atoms with Gasteiger partial charge in [-0.3, -0.25) is 37.5 Å². The second-order valence-electron chi connectivity index (χ2n) is 34.6. The van der Waals surface area contributed by atoms with E-state index in [0.717, 1.165) is 185 Å². The maximum Gasteiger partial charge on any atom is 0.417 e. The zero-order valence-electron chi connectivity index (χ0n) is 71.7. The lowest BCUT2D eigenvalue weighted by Crippen LogP contribution is -2.52. The lowest BCUT2D eigenvalue weighted by Gasteiger charge is -2.45. The molecule has 648 valence electrons. The summed E-state index contributed by atoms with van der Waals surface area (Å²) in [7, 11) is 2.16. The molecule has 16 heterocycles. The Morgan fingerprint density at radius 3 is 1.16 bits per heavy atom. The van der Waals surface area contributed by atoms with Crippen LogP contribution in [0.3, 0.4) is 0 Å². The van der Waals surface area contributed by atoms with Gasteiger partial charge in [0.25, 0.3) is 0 Å². The summed E-state index contributed by atoms with van der Waals surface area (Å²) in [6.45, 7) is 4.32. The van der Waals surface area contributed by atoms with Crippen LogP contribution in [0.25, 0.3) is 156 Å². The number of benzene rings is 5. The first-order chi connectivity index (χ1) is 64.1. The van der Waals surface area contributed by atoms with Gasteiger partial charge in [-0.1, -0.05) is 122 Å². The highest BCUT2D eigenvalue weighted by atomic mass is 19.4. The highest BCUT2D eigenvalue weighted by Gasteiger charge is 2.40. The maximum absolute atomic E-state index is 14.1. The molecular formula is C103H90F3N25. The van der Waals surface area contributed by atoms with Gasteiger partial charge in [0.1, 0.15) is 91.4 Å². The molecule has 131 heavy (non-hydrogen) atoms. The van der Waals surface area contributed by atoms with Crippen LogP contribution in [0.4, 0.5) is 36.4 Å². The summed E-state index contributed by atoms with van der Waals surface area (Å²) in [6, 6.07) is 60.3. The van der Waals surface area contributed by atoms with Crippen LogP contribution in [0, 0.1) is 0 Å². The number of nitrogens with two attached hydrogens (primary N) is 4. The van der Waals surface area contributed by atoms with Gasteiger partial charge in [0, 0.05) is 197 Å². The van der Waals surface area contributed by atoms with Crippen LogP contribution in [-0.4, -0.2) is 141 Å². The molecule has 0 atom stereocenters. The minimum atomic E-state index is -4.53. The predicted octanol–water partition coefficient (Wildman–Crippen LogP) is 20.3. The maximum atomic E-state index is 14.1. The molecule has 0 amide bonds. The molecule has 5 fully saturated rings. The first-order valence-electron chi connectivity index (χ1n) is 44.6. The van der Waals surface area contributed by atoms with Gasteiger partial charge in [0.15, 0.2) is 0 Å². The van der Waals surface area contributed by atoms with Crippen molar-refractivity contribution in [1.82, 2.24) is 102 Å². The zero-order chi connectivity index (χ0) is 88.5. The Morgan fingerprint density at radius 2 is 0.725 bits per heavy atom. The Labute approximate surface area is 750 Å². The monoisotopic (exact) mass is 1730 g/mol. The Balaban J connectivity index is 0.000000103. The van der Waals surface area contributed by atoms with Crippen LogP contribution in [0.2, 0.25) is 0 Å². The molecule has 8 N–H and O–H groups in total. The van der Waals surface area contributed by atoms with Crippen molar-refractivity contribution in [2.45, 2.75) is 107 Å². The van der Waals surface area contributed by atoms with E-state index in [1.54, 1.807) is 86.0 Å². The molecule has 0 spiro atoms. The van der Waals surface area contributed by atoms with Gasteiger partial charge < -0.3 is 27.8 Å². The van der Waals surface area contributed by atoms with Crippen LogP contribution in [0.5, 0.6) is 0 Å². The predicted molar refractivity (Wildman–Crippen MR) is 507 cm³/mol. The molecule has 20 aromatic rings. The molecule has 25 nitrogen and oxygen atoms in total. The Bertz CT molecular complexity index is 7190. The van der Waals surface area contributed by atoms with Gasteiger partial charge in [0.2, 0.25) is 0 Å². The summed E-state index contributed by atoms with van der Waals surface area (Å²) in [5.41, 5.74) is 44.2. The molecule has 28 heteroatoms. The number of hydrogen-bond acceptors (Lipinski definition) is 21. The van der Waals surface area contributed by atoms with Crippen molar-refractivity contribution in [3.8, 4) is 90.2 Å². The Morgan fingerprint density at radius 1 is 0.321 bits per heavy atom. The van der Waals surface area contributed by atoms with Crippen molar-refractivity contribution in [2.75, 3.05) is 56.2 Å². The number of halogens is 3. The number of piperazine rings is 1. The van der Waals surface area contributed by atoms with Crippen LogP contribution in [-0.2, 0) is 6.18 Å². The summed E-state index contributed by atoms with van der Waals surface area (Å²) in [5.74, 6) is 7.73. The number of nitrogens with zero attached hydrogens (tertiary/aromatic N) is 21. The van der Waals surface area contributed by atoms with E-state index in [0.29, 0.717) is 69.4 Å². The van der Waals surface area contributed by atoms with Crippen molar-refractivity contribution in [2.24, 2.45) is 0 Å². The normalized spacial score (nSPS) is 16.2. The third-order valence-electron chi connectivity index (χ3n) is 26.6. The second-order valence-corrected chi connectivity index (χ2v) is 34.6. The van der Waals surface area contributed by atoms with E-state index in [4.69, 9.17) is 57.8 Å². The van der Waals surface area contributed by atoms with Crippen molar-refractivity contribution in [1.29, 1.82) is 0 Å². The van der Waals surface area contributed by atoms with Gasteiger partial charge in [-0.15, -0.1) is 0 Å². The smallest absolute Gasteiger partial charge is 0.382 e. The van der Waals surface area contributed by atoms with Gasteiger partial charge in [-0.05, 0) is 143 Å². The molecule has 4 saturated carbocycles. The number of aromatic nitrogens is 19. The Kier molecular flexibility index (Phi) is 21.1. The highest BCUT2D eigenvalue weighted by molar-refractivity contribution is 5.97. The molecule has 0 radical (unpaired) electrons. The summed E-state index contributed by atoms with van der Waals surface area (Å²) >= 11 is 0. The molecule has 5 aromatic carbocycles. The average molecular weight is 1740 g/mol. The fraction of sp³-hybridized carbons (Fsp3) is 0.214. The molecule has 5 aliphatic rings. The molecule has 1 saturated heterocycles. The zero-order valence-corrected chi connectivity index (χ0v) is 71.7. The number of fused-ring (bicyclic) bond motifs is 8. The standard InChI is InChI=1S/C31H30F3N7.3C24H20N6/c1-39-11-13-40(14-12-39)22-15-21(16-22)30-38-27(28-29(35)36-9-10-41(28)30)20-7-8-23-24(31(32,33)34)18-25(37-26(23)17-20)19-5-3-2-4-6-19;25-23-22-21(29-24(16-3-1-4-16)30(22)12-11-27-23)17-7-6-15-8-9-19(28-20(15)13-17)18-5-2-10-26-14-18;25-23-22-21(29-24(16-4-3-5-16)30(22)13-12-27-23)17-8-7-15-9-10-19(28-20(15)14-17)18-6-1-2-11-26-18;25-23-22-21(29-24(17-2-1-3-17)30(22)13-12-27-23)18-5-4-15-6-7-19(28-20(15)14-18)16-8-10-26-11-9-16/h2-10,17-18,21-22H,11-16H2,1H3,(H2,35,36);2,5-14,16H,1,3-4H2,(H2,25,27);1-2,6-14,16H,3-5H2,(H2,25,27);4-14,17H,1-3H2,(H2,25,27). The first-order valence-corrected chi connectivity index (χ1v) is 44.6. The summed E-state index contributed by atoms with van der Waals surface area (Å²) in [5, 5.41) is 3.29. The number of imidazole rings is 4. The molecule has 15 aromatic heterocycles. The lowest BCUT2D eigenvalue weighted by atomic mass is 9.78. The number of rotatable bonds is 13. The van der Waals surface area contributed by atoms with Crippen LogP contribution >= 0.6 is 0 Å².